The summed E-state index contributed by atoms with van der Waals surface area (Å²) in [6, 6.07) is 7.13. The van der Waals surface area contributed by atoms with E-state index in [0.29, 0.717) is 17.9 Å². The molecule has 0 fully saturated rings. The molecule has 1 nitrogen and oxygen atoms in total. The Morgan fingerprint density at radius 1 is 1.43 bits per heavy atom. The van der Waals surface area contributed by atoms with Gasteiger partial charge < -0.3 is 5.11 Å². The molecule has 2 heteroatoms. The minimum absolute atomic E-state index is 0.325. The number of aliphatic hydroxyl groups is 1. The van der Waals surface area contributed by atoms with E-state index in [2.05, 4.69) is 5.92 Å². The van der Waals surface area contributed by atoms with Crippen LogP contribution in [-0.2, 0) is 5.60 Å². The van der Waals surface area contributed by atoms with Crippen LogP contribution in [-0.4, -0.2) is 5.11 Å². The van der Waals surface area contributed by atoms with Crippen molar-refractivity contribution in [3.05, 3.63) is 34.9 Å². The lowest BCUT2D eigenvalue weighted by Gasteiger charge is -2.24. The summed E-state index contributed by atoms with van der Waals surface area (Å²) in [7, 11) is 0. The van der Waals surface area contributed by atoms with Crippen LogP contribution in [0.15, 0.2) is 24.3 Å². The Kier molecular flexibility index (Phi) is 3.57. The molecule has 0 aliphatic rings. The Morgan fingerprint density at radius 3 is 2.43 bits per heavy atom. The van der Waals surface area contributed by atoms with Crippen molar-refractivity contribution in [2.45, 2.75) is 25.4 Å². The van der Waals surface area contributed by atoms with Gasteiger partial charge in [-0.15, -0.1) is 12.3 Å². The van der Waals surface area contributed by atoms with E-state index in [1.54, 1.807) is 12.1 Å². The second-order valence-corrected chi connectivity index (χ2v) is 3.71. The van der Waals surface area contributed by atoms with E-state index in [1.807, 2.05) is 19.1 Å². The fourth-order valence-electron chi connectivity index (χ4n) is 1.36. The first-order chi connectivity index (χ1) is 6.62. The van der Waals surface area contributed by atoms with E-state index in [9.17, 15) is 5.11 Å². The highest BCUT2D eigenvalue weighted by Gasteiger charge is 2.25. The molecule has 0 radical (unpaired) electrons. The third kappa shape index (κ3) is 2.29. The molecule has 0 amide bonds. The Balaban J connectivity index is 3.01. The highest BCUT2D eigenvalue weighted by molar-refractivity contribution is 6.30. The van der Waals surface area contributed by atoms with Crippen molar-refractivity contribution < 1.29 is 5.11 Å². The standard InChI is InChI=1S/C12H13ClO/c1-3-9-12(14,4-2)10-5-7-11(13)8-6-10/h1,5-8,14H,4,9H2,2H3. The van der Waals surface area contributed by atoms with E-state index in [4.69, 9.17) is 18.0 Å². The van der Waals surface area contributed by atoms with Gasteiger partial charge in [0.1, 0.15) is 5.60 Å². The molecule has 0 aromatic heterocycles. The lowest BCUT2D eigenvalue weighted by atomic mass is 9.88. The molecule has 74 valence electrons. The molecule has 0 aliphatic heterocycles. The van der Waals surface area contributed by atoms with Gasteiger partial charge in [0.2, 0.25) is 0 Å². The second kappa shape index (κ2) is 4.50. The zero-order chi connectivity index (χ0) is 10.6. The summed E-state index contributed by atoms with van der Waals surface area (Å²) in [5.41, 5.74) is -0.0957. The van der Waals surface area contributed by atoms with Crippen molar-refractivity contribution in [3.63, 3.8) is 0 Å². The molecule has 1 atom stereocenters. The van der Waals surface area contributed by atoms with Gasteiger partial charge in [-0.3, -0.25) is 0 Å². The average molecular weight is 209 g/mol. The van der Waals surface area contributed by atoms with Gasteiger partial charge in [-0.05, 0) is 24.1 Å². The quantitative estimate of drug-likeness (QED) is 0.758. The molecule has 1 rings (SSSR count). The van der Waals surface area contributed by atoms with Crippen molar-refractivity contribution in [2.24, 2.45) is 0 Å². The van der Waals surface area contributed by atoms with Crippen LogP contribution >= 0.6 is 11.6 Å². The van der Waals surface area contributed by atoms with Crippen molar-refractivity contribution in [2.75, 3.05) is 0 Å². The highest BCUT2D eigenvalue weighted by atomic mass is 35.5. The van der Waals surface area contributed by atoms with Crippen LogP contribution in [0.25, 0.3) is 0 Å². The second-order valence-electron chi connectivity index (χ2n) is 3.27. The van der Waals surface area contributed by atoms with Gasteiger partial charge in [0.05, 0.1) is 0 Å². The van der Waals surface area contributed by atoms with Crippen molar-refractivity contribution in [1.82, 2.24) is 0 Å². The van der Waals surface area contributed by atoms with Crippen LogP contribution < -0.4 is 0 Å². The Bertz CT molecular complexity index is 336. The van der Waals surface area contributed by atoms with Crippen LogP contribution in [0.5, 0.6) is 0 Å². The predicted octanol–water partition coefficient (Wildman–Crippen LogP) is 2.96. The topological polar surface area (TPSA) is 20.2 Å². The van der Waals surface area contributed by atoms with Crippen LogP contribution in [0, 0.1) is 12.3 Å². The molecule has 1 aromatic rings. The van der Waals surface area contributed by atoms with Gasteiger partial charge >= 0.3 is 0 Å². The van der Waals surface area contributed by atoms with Gasteiger partial charge in [0.25, 0.3) is 0 Å². The number of terminal acetylenes is 1. The maximum absolute atomic E-state index is 10.2. The van der Waals surface area contributed by atoms with Gasteiger partial charge in [0.15, 0.2) is 0 Å². The van der Waals surface area contributed by atoms with Crippen molar-refractivity contribution >= 4 is 11.6 Å². The summed E-state index contributed by atoms with van der Waals surface area (Å²) in [6.45, 7) is 1.91. The maximum Gasteiger partial charge on any atom is 0.100 e. The van der Waals surface area contributed by atoms with E-state index < -0.39 is 5.60 Å². The zero-order valence-electron chi connectivity index (χ0n) is 8.13. The Hall–Kier alpha value is -0.970. The molecule has 0 saturated heterocycles. The van der Waals surface area contributed by atoms with E-state index in [-0.39, 0.29) is 0 Å². The number of hydrogen-bond donors (Lipinski definition) is 1. The average Bonchev–Trinajstić information content (AvgIpc) is 2.19. The summed E-state index contributed by atoms with van der Waals surface area (Å²) < 4.78 is 0. The third-order valence-electron chi connectivity index (χ3n) is 2.36. The van der Waals surface area contributed by atoms with Crippen molar-refractivity contribution in [3.8, 4) is 12.3 Å². The molecule has 0 bridgehead atoms. The van der Waals surface area contributed by atoms with Crippen LogP contribution in [0.4, 0.5) is 0 Å². The minimum atomic E-state index is -0.917. The molecule has 1 N–H and O–H groups in total. The van der Waals surface area contributed by atoms with Crippen molar-refractivity contribution in [1.29, 1.82) is 0 Å². The van der Waals surface area contributed by atoms with E-state index >= 15 is 0 Å². The van der Waals surface area contributed by atoms with E-state index in [0.717, 1.165) is 5.56 Å². The predicted molar refractivity (Wildman–Crippen MR) is 59.1 cm³/mol. The van der Waals surface area contributed by atoms with Gasteiger partial charge in [-0.25, -0.2) is 0 Å². The molecule has 0 aliphatic carbocycles. The Morgan fingerprint density at radius 2 is 2.00 bits per heavy atom. The zero-order valence-corrected chi connectivity index (χ0v) is 8.88. The number of hydrogen-bond acceptors (Lipinski definition) is 1. The van der Waals surface area contributed by atoms with E-state index in [1.165, 1.54) is 0 Å². The molecular weight excluding hydrogens is 196 g/mol. The fourth-order valence-corrected chi connectivity index (χ4v) is 1.49. The third-order valence-corrected chi connectivity index (χ3v) is 2.61. The van der Waals surface area contributed by atoms with Crippen LogP contribution in [0.2, 0.25) is 5.02 Å². The lowest BCUT2D eigenvalue weighted by Crippen LogP contribution is -2.23. The molecule has 0 heterocycles. The number of rotatable bonds is 3. The number of benzene rings is 1. The molecule has 0 spiro atoms. The molecule has 14 heavy (non-hydrogen) atoms. The summed E-state index contributed by atoms with van der Waals surface area (Å²) in [4.78, 5) is 0. The first kappa shape index (κ1) is 11.1. The largest absolute Gasteiger partial charge is 0.384 e. The fraction of sp³-hybridized carbons (Fsp3) is 0.333. The summed E-state index contributed by atoms with van der Waals surface area (Å²) in [6.07, 6.45) is 6.14. The molecule has 1 aromatic carbocycles. The molecular formula is C12H13ClO. The number of halogens is 1. The molecule has 1 unspecified atom stereocenters. The summed E-state index contributed by atoms with van der Waals surface area (Å²) >= 11 is 5.76. The summed E-state index contributed by atoms with van der Waals surface area (Å²) in [5, 5.41) is 10.9. The van der Waals surface area contributed by atoms with Gasteiger partial charge in [0, 0.05) is 11.4 Å². The molecule has 0 saturated carbocycles. The minimum Gasteiger partial charge on any atom is -0.384 e. The first-order valence-electron chi connectivity index (χ1n) is 4.54. The monoisotopic (exact) mass is 208 g/mol. The van der Waals surface area contributed by atoms with Gasteiger partial charge in [-0.1, -0.05) is 30.7 Å². The highest BCUT2D eigenvalue weighted by Crippen LogP contribution is 2.28. The Labute approximate surface area is 89.7 Å². The van der Waals surface area contributed by atoms with Crippen LogP contribution in [0.3, 0.4) is 0 Å². The summed E-state index contributed by atoms with van der Waals surface area (Å²) in [5.74, 6) is 2.49. The lowest BCUT2D eigenvalue weighted by molar-refractivity contribution is 0.0378. The SMILES string of the molecule is C#CCC(O)(CC)c1ccc(Cl)cc1. The van der Waals surface area contributed by atoms with Gasteiger partial charge in [-0.2, -0.15) is 0 Å². The normalized spacial score (nSPS) is 14.4. The smallest absolute Gasteiger partial charge is 0.100 e. The first-order valence-corrected chi connectivity index (χ1v) is 4.92. The maximum atomic E-state index is 10.2. The van der Waals surface area contributed by atoms with Crippen LogP contribution in [0.1, 0.15) is 25.3 Å².